The summed E-state index contributed by atoms with van der Waals surface area (Å²) in [4.78, 5) is 13.3. The van der Waals surface area contributed by atoms with Gasteiger partial charge in [0, 0.05) is 31.3 Å². The molecule has 2 heterocycles. The molecule has 0 aliphatic carbocycles. The van der Waals surface area contributed by atoms with Gasteiger partial charge in [0.25, 0.3) is 0 Å². The van der Waals surface area contributed by atoms with Gasteiger partial charge in [-0.15, -0.1) is 0 Å². The predicted molar refractivity (Wildman–Crippen MR) is 70.4 cm³/mol. The number of ether oxygens (including phenoxy) is 1. The van der Waals surface area contributed by atoms with Gasteiger partial charge in [-0.05, 0) is 18.9 Å². The molecular formula is C12H18N2O4S. The van der Waals surface area contributed by atoms with Crippen molar-refractivity contribution < 1.29 is 13.2 Å². The highest BCUT2D eigenvalue weighted by atomic mass is 32.2. The highest BCUT2D eigenvalue weighted by Crippen LogP contribution is 2.23. The summed E-state index contributed by atoms with van der Waals surface area (Å²) < 4.78 is 32.1. The molecule has 1 aromatic rings. The highest BCUT2D eigenvalue weighted by Gasteiger charge is 2.28. The SMILES string of the molecule is CCC1OCCC1CNS(=O)(=O)c1ccc(=O)[nH]c1. The third-order valence-corrected chi connectivity index (χ3v) is 4.77. The van der Waals surface area contributed by atoms with Gasteiger partial charge in [0.05, 0.1) is 11.0 Å². The van der Waals surface area contributed by atoms with Crippen LogP contribution in [0.15, 0.2) is 28.0 Å². The number of aromatic nitrogens is 1. The van der Waals surface area contributed by atoms with Crippen LogP contribution in [0.5, 0.6) is 0 Å². The van der Waals surface area contributed by atoms with Gasteiger partial charge in [-0.25, -0.2) is 13.1 Å². The second-order valence-electron chi connectivity index (χ2n) is 4.61. The number of nitrogens with one attached hydrogen (secondary N) is 2. The second kappa shape index (κ2) is 5.85. The maximum Gasteiger partial charge on any atom is 0.247 e. The molecule has 0 bridgehead atoms. The summed E-state index contributed by atoms with van der Waals surface area (Å²) in [5.74, 6) is 0.211. The van der Waals surface area contributed by atoms with Crippen LogP contribution in [-0.2, 0) is 14.8 Å². The predicted octanol–water partition coefficient (Wildman–Crippen LogP) is 0.468. The van der Waals surface area contributed by atoms with Gasteiger partial charge in [-0.2, -0.15) is 0 Å². The molecule has 6 nitrogen and oxygen atoms in total. The van der Waals surface area contributed by atoms with Crippen molar-refractivity contribution in [2.45, 2.75) is 30.8 Å². The number of H-pyrrole nitrogens is 1. The van der Waals surface area contributed by atoms with Crippen molar-refractivity contribution in [1.82, 2.24) is 9.71 Å². The number of hydrogen-bond donors (Lipinski definition) is 2. The normalized spacial score (nSPS) is 23.6. The van der Waals surface area contributed by atoms with Gasteiger partial charge < -0.3 is 9.72 Å². The lowest BCUT2D eigenvalue weighted by Gasteiger charge is -2.17. The maximum absolute atomic E-state index is 12.0. The Morgan fingerprint density at radius 2 is 2.26 bits per heavy atom. The third-order valence-electron chi connectivity index (χ3n) is 3.35. The van der Waals surface area contributed by atoms with Gasteiger partial charge >= 0.3 is 0 Å². The number of hydrogen-bond acceptors (Lipinski definition) is 4. The minimum atomic E-state index is -3.57. The van der Waals surface area contributed by atoms with E-state index in [1.807, 2.05) is 6.92 Å². The van der Waals surface area contributed by atoms with Gasteiger partial charge in [0.2, 0.25) is 15.6 Å². The molecule has 0 spiro atoms. The van der Waals surface area contributed by atoms with E-state index in [-0.39, 0.29) is 22.5 Å². The van der Waals surface area contributed by atoms with Crippen LogP contribution < -0.4 is 10.3 Å². The molecule has 1 fully saturated rings. The first kappa shape index (κ1) is 14.2. The van der Waals surface area contributed by atoms with Crippen molar-refractivity contribution in [2.24, 2.45) is 5.92 Å². The van der Waals surface area contributed by atoms with E-state index >= 15 is 0 Å². The van der Waals surface area contributed by atoms with Crippen molar-refractivity contribution >= 4 is 10.0 Å². The lowest BCUT2D eigenvalue weighted by atomic mass is 10.0. The molecule has 1 saturated heterocycles. The summed E-state index contributed by atoms with van der Waals surface area (Å²) in [6, 6.07) is 2.49. The second-order valence-corrected chi connectivity index (χ2v) is 6.37. The van der Waals surface area contributed by atoms with Crippen LogP contribution in [-0.4, -0.2) is 32.7 Å². The van der Waals surface area contributed by atoms with Crippen molar-refractivity contribution in [3.8, 4) is 0 Å². The van der Waals surface area contributed by atoms with Crippen molar-refractivity contribution in [2.75, 3.05) is 13.2 Å². The summed E-state index contributed by atoms with van der Waals surface area (Å²) in [6.07, 6.45) is 3.07. The first-order chi connectivity index (χ1) is 9.03. The summed E-state index contributed by atoms with van der Waals surface area (Å²) in [5.41, 5.74) is -0.325. The van der Waals surface area contributed by atoms with Gasteiger partial charge in [0.15, 0.2) is 0 Å². The molecule has 0 saturated carbocycles. The fourth-order valence-corrected chi connectivity index (χ4v) is 3.30. The van der Waals surface area contributed by atoms with E-state index in [2.05, 4.69) is 9.71 Å². The van der Waals surface area contributed by atoms with Crippen LogP contribution in [0.1, 0.15) is 19.8 Å². The summed E-state index contributed by atoms with van der Waals surface area (Å²) in [7, 11) is -3.57. The van der Waals surface area contributed by atoms with Crippen molar-refractivity contribution in [3.05, 3.63) is 28.7 Å². The Hall–Kier alpha value is -1.18. The Morgan fingerprint density at radius 1 is 1.47 bits per heavy atom. The average molecular weight is 286 g/mol. The molecule has 0 radical (unpaired) electrons. The monoisotopic (exact) mass is 286 g/mol. The summed E-state index contributed by atoms with van der Waals surface area (Å²) in [6.45, 7) is 3.07. The average Bonchev–Trinajstić information content (AvgIpc) is 2.84. The van der Waals surface area contributed by atoms with E-state index in [9.17, 15) is 13.2 Å². The number of sulfonamides is 1. The Bertz CT molecular complexity index is 561. The molecule has 7 heteroatoms. The Labute approximate surface area is 112 Å². The lowest BCUT2D eigenvalue weighted by molar-refractivity contribution is 0.0884. The molecule has 1 aliphatic rings. The van der Waals surface area contributed by atoms with Crippen LogP contribution in [0.3, 0.4) is 0 Å². The third kappa shape index (κ3) is 3.43. The Balaban J connectivity index is 2.01. The molecule has 2 atom stereocenters. The Morgan fingerprint density at radius 3 is 2.89 bits per heavy atom. The number of aromatic amines is 1. The molecule has 1 aromatic heterocycles. The zero-order chi connectivity index (χ0) is 13.9. The van der Waals surface area contributed by atoms with E-state index in [0.717, 1.165) is 12.8 Å². The molecule has 2 N–H and O–H groups in total. The number of rotatable bonds is 5. The van der Waals surface area contributed by atoms with Crippen LogP contribution in [0, 0.1) is 5.92 Å². The number of pyridine rings is 1. The largest absolute Gasteiger partial charge is 0.378 e. The van der Waals surface area contributed by atoms with E-state index in [4.69, 9.17) is 4.74 Å². The highest BCUT2D eigenvalue weighted by molar-refractivity contribution is 7.89. The lowest BCUT2D eigenvalue weighted by Crippen LogP contribution is -2.33. The van der Waals surface area contributed by atoms with Crippen LogP contribution in [0.2, 0.25) is 0 Å². The van der Waals surface area contributed by atoms with Gasteiger partial charge in [-0.1, -0.05) is 6.92 Å². The smallest absolute Gasteiger partial charge is 0.247 e. The zero-order valence-electron chi connectivity index (χ0n) is 10.8. The minimum absolute atomic E-state index is 0.0686. The summed E-state index contributed by atoms with van der Waals surface area (Å²) in [5, 5.41) is 0. The van der Waals surface area contributed by atoms with Gasteiger partial charge in [0.1, 0.15) is 0 Å². The van der Waals surface area contributed by atoms with Crippen LogP contribution >= 0.6 is 0 Å². The van der Waals surface area contributed by atoms with Crippen molar-refractivity contribution in [3.63, 3.8) is 0 Å². The van der Waals surface area contributed by atoms with Crippen molar-refractivity contribution in [1.29, 1.82) is 0 Å². The molecule has 2 rings (SSSR count). The Kier molecular flexibility index (Phi) is 4.38. The molecule has 2 unspecified atom stereocenters. The first-order valence-corrected chi connectivity index (χ1v) is 7.81. The van der Waals surface area contributed by atoms with E-state index in [1.165, 1.54) is 18.3 Å². The molecule has 19 heavy (non-hydrogen) atoms. The van der Waals surface area contributed by atoms with Crippen LogP contribution in [0.25, 0.3) is 0 Å². The minimum Gasteiger partial charge on any atom is -0.378 e. The quantitative estimate of drug-likeness (QED) is 0.823. The van der Waals surface area contributed by atoms with E-state index in [1.54, 1.807) is 0 Å². The topological polar surface area (TPSA) is 88.3 Å². The van der Waals surface area contributed by atoms with E-state index < -0.39 is 10.0 Å². The molecule has 106 valence electrons. The summed E-state index contributed by atoms with van der Waals surface area (Å²) >= 11 is 0. The standard InChI is InChI=1S/C12H18N2O4S/c1-2-11-9(5-6-18-11)7-14-19(16,17)10-3-4-12(15)13-8-10/h3-4,8-9,11,14H,2,5-7H2,1H3,(H,13,15). The fourth-order valence-electron chi connectivity index (χ4n) is 2.24. The fraction of sp³-hybridized carbons (Fsp3) is 0.583. The molecular weight excluding hydrogens is 268 g/mol. The first-order valence-electron chi connectivity index (χ1n) is 6.33. The zero-order valence-corrected chi connectivity index (χ0v) is 11.6. The molecule has 0 aromatic carbocycles. The van der Waals surface area contributed by atoms with Gasteiger partial charge in [-0.3, -0.25) is 4.79 Å². The van der Waals surface area contributed by atoms with E-state index in [0.29, 0.717) is 13.2 Å². The maximum atomic E-state index is 12.0. The molecule has 1 aliphatic heterocycles. The van der Waals surface area contributed by atoms with Crippen LogP contribution in [0.4, 0.5) is 0 Å². The molecule has 0 amide bonds.